The van der Waals surface area contributed by atoms with Crippen molar-refractivity contribution in [2.75, 3.05) is 60.6 Å². The average Bonchev–Trinajstić information content (AvgIpc) is 3.30. The third-order valence-corrected chi connectivity index (χ3v) is 11.9. The van der Waals surface area contributed by atoms with Crippen LogP contribution in [0.5, 0.6) is 11.5 Å². The van der Waals surface area contributed by atoms with Gasteiger partial charge in [-0.05, 0) is 150 Å². The Bertz CT molecular complexity index is 2380. The molecule has 10 nitrogen and oxygen atoms in total. The normalized spacial score (nSPS) is 18.2. The molecule has 304 valence electrons. The van der Waals surface area contributed by atoms with Crippen LogP contribution < -0.4 is 19.1 Å². The molecule has 0 N–H and O–H groups in total. The van der Waals surface area contributed by atoms with E-state index in [9.17, 15) is 0 Å². The fourth-order valence-electron chi connectivity index (χ4n) is 8.69. The number of hydrogen-bond acceptors (Lipinski definition) is 9. The van der Waals surface area contributed by atoms with E-state index in [1.807, 2.05) is 36.9 Å². The molecule has 0 aliphatic carbocycles. The molecule has 2 aromatic heterocycles. The molecule has 59 heavy (non-hydrogen) atoms. The minimum atomic E-state index is 0.241. The molecule has 2 fully saturated rings. The highest BCUT2D eigenvalue weighted by molar-refractivity contribution is 6.05. The second-order valence-corrected chi connectivity index (χ2v) is 15.8. The predicted molar refractivity (Wildman–Crippen MR) is 234 cm³/mol. The van der Waals surface area contributed by atoms with Gasteiger partial charge in [-0.15, -0.1) is 0 Å². The molecule has 2 unspecified atom stereocenters. The lowest BCUT2D eigenvalue weighted by Crippen LogP contribution is -2.43. The van der Waals surface area contributed by atoms with Crippen molar-refractivity contribution in [3.63, 3.8) is 0 Å². The van der Waals surface area contributed by atoms with Crippen molar-refractivity contribution in [1.82, 2.24) is 14.8 Å². The Labute approximate surface area is 347 Å². The highest BCUT2D eigenvalue weighted by Gasteiger charge is 2.30. The third-order valence-electron chi connectivity index (χ3n) is 11.9. The summed E-state index contributed by atoms with van der Waals surface area (Å²) in [4.78, 5) is 20.9. The van der Waals surface area contributed by atoms with Crippen LogP contribution in [0.4, 0.5) is 0 Å². The van der Waals surface area contributed by atoms with Crippen molar-refractivity contribution >= 4 is 33.0 Å². The molecule has 10 heteroatoms. The first-order chi connectivity index (χ1) is 29.0. The van der Waals surface area contributed by atoms with Gasteiger partial charge in [0.05, 0.1) is 19.9 Å². The molecule has 2 aliphatic heterocycles. The molecule has 0 saturated carbocycles. The summed E-state index contributed by atoms with van der Waals surface area (Å²) in [5.41, 5.74) is 6.76. The molecular formula is C49H55N6O4+. The SMILES string of the molecule is CO/N=C(/c1ccc2cc(OC)ccc2c1)C1CCCN(CCc2cc[n+](O/N=C(/c3ccc4cc(OC)ccc4c3)C3CCCN(CCc4ccncc4)C3)cc2)C1. The van der Waals surface area contributed by atoms with Crippen LogP contribution in [0.3, 0.4) is 0 Å². The molecule has 0 spiro atoms. The van der Waals surface area contributed by atoms with E-state index in [4.69, 9.17) is 24.4 Å². The van der Waals surface area contributed by atoms with E-state index < -0.39 is 0 Å². The van der Waals surface area contributed by atoms with Gasteiger partial charge in [-0.25, -0.2) is 0 Å². The Morgan fingerprint density at radius 1 is 0.610 bits per heavy atom. The largest absolute Gasteiger partial charge is 0.497 e. The number of methoxy groups -OCH3 is 2. The van der Waals surface area contributed by atoms with Gasteiger partial charge in [0, 0.05) is 61.5 Å². The Balaban J connectivity index is 0.928. The van der Waals surface area contributed by atoms with Gasteiger partial charge >= 0.3 is 0 Å². The zero-order chi connectivity index (χ0) is 40.4. The number of benzene rings is 4. The number of likely N-dealkylation sites (tertiary alicyclic amines) is 2. The second-order valence-electron chi connectivity index (χ2n) is 15.8. The van der Waals surface area contributed by atoms with Gasteiger partial charge in [-0.1, -0.05) is 46.5 Å². The molecule has 0 bridgehead atoms. The lowest BCUT2D eigenvalue weighted by molar-refractivity contribution is -0.893. The van der Waals surface area contributed by atoms with Gasteiger partial charge in [0.1, 0.15) is 31.0 Å². The van der Waals surface area contributed by atoms with Gasteiger partial charge in [0.25, 0.3) is 0 Å². The quantitative estimate of drug-likeness (QED) is 0.0597. The summed E-state index contributed by atoms with van der Waals surface area (Å²) in [6, 6.07) is 34.0. The monoisotopic (exact) mass is 791 g/mol. The van der Waals surface area contributed by atoms with E-state index in [-0.39, 0.29) is 5.92 Å². The zero-order valence-electron chi connectivity index (χ0n) is 34.5. The average molecular weight is 792 g/mol. The standard InChI is InChI=1S/C49H55N6O4/c1-56-46-14-12-38-30-42(10-8-40(38)32-46)48(51-58-3)44-6-4-24-54(34-44)27-19-37-20-28-55(29-21-37)59-52-49(43-11-9-41-33-47(57-2)15-13-39(41)31-43)45-7-5-25-53(35-45)26-18-36-16-22-50-23-17-36/h8-17,20-23,28-33,44-45H,4-7,18-19,24-27,34-35H2,1-3H3/q+1/b51-48-,52-49-. The van der Waals surface area contributed by atoms with Crippen LogP contribution in [0.2, 0.25) is 0 Å². The van der Waals surface area contributed by atoms with Gasteiger partial charge in [0.15, 0.2) is 5.16 Å². The van der Waals surface area contributed by atoms with E-state index in [1.54, 1.807) is 26.1 Å². The van der Waals surface area contributed by atoms with Crippen molar-refractivity contribution in [2.45, 2.75) is 38.5 Å². The highest BCUT2D eigenvalue weighted by atomic mass is 16.8. The van der Waals surface area contributed by atoms with Crippen LogP contribution in [0, 0.1) is 11.8 Å². The van der Waals surface area contributed by atoms with Crippen molar-refractivity contribution in [2.24, 2.45) is 22.1 Å². The smallest absolute Gasteiger partial charge is 0.212 e. The number of oxime groups is 2. The van der Waals surface area contributed by atoms with Crippen LogP contribution in [0.25, 0.3) is 21.5 Å². The summed E-state index contributed by atoms with van der Waals surface area (Å²) < 4.78 is 12.6. The Morgan fingerprint density at radius 2 is 1.10 bits per heavy atom. The van der Waals surface area contributed by atoms with Crippen LogP contribution >= 0.6 is 0 Å². The zero-order valence-corrected chi connectivity index (χ0v) is 34.5. The first kappa shape index (κ1) is 40.0. The van der Waals surface area contributed by atoms with Gasteiger partial charge in [0.2, 0.25) is 5.71 Å². The Morgan fingerprint density at radius 3 is 1.63 bits per heavy atom. The summed E-state index contributed by atoms with van der Waals surface area (Å²) in [6.07, 6.45) is 14.0. The van der Waals surface area contributed by atoms with Crippen molar-refractivity contribution in [3.05, 3.63) is 144 Å². The molecule has 0 amide bonds. The number of aromatic nitrogens is 2. The summed E-state index contributed by atoms with van der Waals surface area (Å²) in [5.74, 6) is 2.24. The van der Waals surface area contributed by atoms with E-state index >= 15 is 0 Å². The molecule has 0 radical (unpaired) electrons. The van der Waals surface area contributed by atoms with E-state index in [0.717, 1.165) is 133 Å². The fraction of sp³-hybridized carbons (Fsp3) is 0.347. The molecule has 4 aromatic carbocycles. The molecule has 2 atom stereocenters. The molecule has 4 heterocycles. The maximum Gasteiger partial charge on any atom is 0.212 e. The Kier molecular flexibility index (Phi) is 13.1. The lowest BCUT2D eigenvalue weighted by atomic mass is 9.88. The molecule has 8 rings (SSSR count). The topological polar surface area (TPSA) is 84.9 Å². The minimum absolute atomic E-state index is 0.241. The van der Waals surface area contributed by atoms with E-state index in [1.165, 1.54) is 11.1 Å². The molecular weight excluding hydrogens is 737 g/mol. The number of piperidine rings is 2. The summed E-state index contributed by atoms with van der Waals surface area (Å²) in [7, 11) is 5.05. The van der Waals surface area contributed by atoms with Gasteiger partial charge in [-0.3, -0.25) is 4.98 Å². The highest BCUT2D eigenvalue weighted by Crippen LogP contribution is 2.28. The number of fused-ring (bicyclic) bond motifs is 2. The first-order valence-corrected chi connectivity index (χ1v) is 20.9. The van der Waals surface area contributed by atoms with Crippen LogP contribution in [0.15, 0.2) is 132 Å². The van der Waals surface area contributed by atoms with Crippen molar-refractivity contribution in [3.8, 4) is 11.5 Å². The summed E-state index contributed by atoms with van der Waals surface area (Å²) >= 11 is 0. The summed E-state index contributed by atoms with van der Waals surface area (Å²) in [6.45, 7) is 6.01. The summed E-state index contributed by atoms with van der Waals surface area (Å²) in [5, 5.41) is 14.1. The van der Waals surface area contributed by atoms with Crippen LogP contribution in [0.1, 0.15) is 47.9 Å². The maximum atomic E-state index is 6.20. The van der Waals surface area contributed by atoms with Crippen molar-refractivity contribution < 1.29 is 24.0 Å². The number of ether oxygens (including phenoxy) is 2. The fourth-order valence-corrected chi connectivity index (χ4v) is 8.69. The van der Waals surface area contributed by atoms with Crippen LogP contribution in [-0.2, 0) is 17.7 Å². The number of nitrogens with zero attached hydrogens (tertiary/aromatic N) is 6. The number of pyridine rings is 2. The number of hydrogen-bond donors (Lipinski definition) is 0. The van der Waals surface area contributed by atoms with Crippen molar-refractivity contribution in [1.29, 1.82) is 0 Å². The first-order valence-electron chi connectivity index (χ1n) is 20.9. The molecule has 6 aromatic rings. The third kappa shape index (κ3) is 10.1. The Hall–Kier alpha value is -5.84. The predicted octanol–water partition coefficient (Wildman–Crippen LogP) is 7.79. The maximum absolute atomic E-state index is 6.20. The van der Waals surface area contributed by atoms with Crippen LogP contribution in [-0.4, -0.2) is 86.8 Å². The van der Waals surface area contributed by atoms with E-state index in [2.05, 4.69) is 105 Å². The second kappa shape index (κ2) is 19.3. The molecule has 2 aliphatic rings. The van der Waals surface area contributed by atoms with Gasteiger partial charge < -0.3 is 24.1 Å². The van der Waals surface area contributed by atoms with Gasteiger partial charge in [-0.2, -0.15) is 0 Å². The minimum Gasteiger partial charge on any atom is -0.497 e. The lowest BCUT2D eigenvalue weighted by Gasteiger charge is -2.33. The van der Waals surface area contributed by atoms with E-state index in [0.29, 0.717) is 5.92 Å². The number of rotatable bonds is 15. The molecule has 2 saturated heterocycles.